The number of fused-ring (bicyclic) bond motifs is 1. The molecule has 0 saturated heterocycles. The number of nitrogens with zero attached hydrogens (tertiary/aromatic N) is 2. The van der Waals surface area contributed by atoms with Crippen LogP contribution in [-0.2, 0) is 0 Å². The van der Waals surface area contributed by atoms with E-state index in [-0.39, 0.29) is 6.04 Å². The molecule has 4 rings (SSSR count). The second-order valence-electron chi connectivity index (χ2n) is 9.95. The van der Waals surface area contributed by atoms with Crippen LogP contribution in [-0.4, -0.2) is 12.6 Å². The maximum absolute atomic E-state index is 9.21. The number of nitrogens with two attached hydrogens (primary N) is 2. The maximum Gasteiger partial charge on any atom is 0.101 e. The van der Waals surface area contributed by atoms with Gasteiger partial charge in [0.1, 0.15) is 6.07 Å². The van der Waals surface area contributed by atoms with Gasteiger partial charge >= 0.3 is 0 Å². The van der Waals surface area contributed by atoms with Crippen LogP contribution in [0.2, 0.25) is 0 Å². The van der Waals surface area contributed by atoms with Crippen molar-refractivity contribution in [1.29, 1.82) is 10.5 Å². The van der Waals surface area contributed by atoms with Gasteiger partial charge < -0.3 is 22.1 Å². The highest BCUT2D eigenvalue weighted by atomic mass is 32.1. The third-order valence-corrected chi connectivity index (χ3v) is 8.25. The smallest absolute Gasteiger partial charge is 0.101 e. The topological polar surface area (TPSA) is 124 Å². The number of thiophene rings is 1. The molecular weight excluding hydrogens is 536 g/mol. The first-order valence-electron chi connectivity index (χ1n) is 13.6. The third-order valence-electron chi connectivity index (χ3n) is 7.05. The summed E-state index contributed by atoms with van der Waals surface area (Å²) in [7, 11) is 0. The molecule has 1 aromatic carbocycles. The van der Waals surface area contributed by atoms with Gasteiger partial charge in [0.15, 0.2) is 0 Å². The van der Waals surface area contributed by atoms with E-state index in [1.54, 1.807) is 17.4 Å². The van der Waals surface area contributed by atoms with Crippen LogP contribution in [0.15, 0.2) is 125 Å². The number of dihydropyridines is 2. The van der Waals surface area contributed by atoms with Crippen LogP contribution in [0.5, 0.6) is 0 Å². The van der Waals surface area contributed by atoms with Crippen LogP contribution in [0.3, 0.4) is 0 Å². The summed E-state index contributed by atoms with van der Waals surface area (Å²) in [6.07, 6.45) is 23.6. The van der Waals surface area contributed by atoms with Crippen molar-refractivity contribution in [2.24, 2.45) is 11.5 Å². The Balaban J connectivity index is 1.49. The zero-order chi connectivity index (χ0) is 30.1. The molecule has 0 fully saturated rings. The van der Waals surface area contributed by atoms with E-state index in [9.17, 15) is 5.26 Å². The van der Waals surface area contributed by atoms with E-state index in [0.717, 1.165) is 28.0 Å². The molecule has 42 heavy (non-hydrogen) atoms. The SMILES string of the molecule is C=C/C(=C\c1sc2cc(C3=CC=CC(/C(C)=C/C(C#N)=C\N)N3)ccc2c1C)C/C=C\C=C(/N)C1=CNCC(C#N)=C1. The fraction of sp³-hybridized carbons (Fsp3) is 0.143. The third kappa shape index (κ3) is 7.09. The highest BCUT2D eigenvalue weighted by Crippen LogP contribution is 2.35. The van der Waals surface area contributed by atoms with Gasteiger partial charge in [-0.3, -0.25) is 0 Å². The molecule has 2 aliphatic heterocycles. The quantitative estimate of drug-likeness (QED) is 0.197. The predicted octanol–water partition coefficient (Wildman–Crippen LogP) is 6.69. The summed E-state index contributed by atoms with van der Waals surface area (Å²) in [5.74, 6) is 0. The molecule has 1 unspecified atom stereocenters. The number of hydrogen-bond donors (Lipinski definition) is 4. The van der Waals surface area contributed by atoms with E-state index in [0.29, 0.717) is 29.8 Å². The minimum atomic E-state index is -0.0245. The number of aryl methyl sites for hydroxylation is 1. The largest absolute Gasteiger partial charge is 0.404 e. The maximum atomic E-state index is 9.21. The summed E-state index contributed by atoms with van der Waals surface area (Å²) in [6, 6.07) is 10.8. The van der Waals surface area contributed by atoms with E-state index in [1.807, 2.05) is 43.5 Å². The van der Waals surface area contributed by atoms with E-state index >= 15 is 0 Å². The lowest BCUT2D eigenvalue weighted by Crippen LogP contribution is -2.28. The van der Waals surface area contributed by atoms with Crippen molar-refractivity contribution in [1.82, 2.24) is 10.6 Å². The Bertz CT molecular complexity index is 1750. The van der Waals surface area contributed by atoms with Gasteiger partial charge in [-0.05, 0) is 84.4 Å². The molecule has 0 aliphatic carbocycles. The number of nitrogens with one attached hydrogen (secondary N) is 2. The Labute approximate surface area is 251 Å². The van der Waals surface area contributed by atoms with Gasteiger partial charge in [0.2, 0.25) is 0 Å². The van der Waals surface area contributed by atoms with Crippen LogP contribution in [0.4, 0.5) is 0 Å². The van der Waals surface area contributed by atoms with Crippen molar-refractivity contribution in [3.05, 3.63) is 141 Å². The number of rotatable bonds is 9. The van der Waals surface area contributed by atoms with Gasteiger partial charge in [-0.2, -0.15) is 10.5 Å². The Morgan fingerprint density at radius 1 is 1.29 bits per heavy atom. The van der Waals surface area contributed by atoms with Crippen molar-refractivity contribution in [2.75, 3.05) is 6.54 Å². The molecule has 0 spiro atoms. The molecule has 7 heteroatoms. The lowest BCUT2D eigenvalue weighted by molar-refractivity contribution is 0.801. The lowest BCUT2D eigenvalue weighted by atomic mass is 10.00. The number of allylic oxidation sites excluding steroid dienone is 10. The zero-order valence-electron chi connectivity index (χ0n) is 23.8. The monoisotopic (exact) mass is 570 g/mol. The van der Waals surface area contributed by atoms with Crippen LogP contribution in [0.25, 0.3) is 21.9 Å². The molecule has 0 amide bonds. The summed E-state index contributed by atoms with van der Waals surface area (Å²) >= 11 is 1.76. The van der Waals surface area contributed by atoms with Gasteiger partial charge in [-0.25, -0.2) is 0 Å². The van der Waals surface area contributed by atoms with E-state index < -0.39 is 0 Å². The highest BCUT2D eigenvalue weighted by molar-refractivity contribution is 7.20. The number of hydrogen-bond acceptors (Lipinski definition) is 7. The Morgan fingerprint density at radius 2 is 2.12 bits per heavy atom. The average Bonchev–Trinajstić information content (AvgIpc) is 3.34. The zero-order valence-corrected chi connectivity index (χ0v) is 24.6. The van der Waals surface area contributed by atoms with Gasteiger partial charge in [0, 0.05) is 51.1 Å². The van der Waals surface area contributed by atoms with Crippen LogP contribution in [0, 0.1) is 29.6 Å². The molecule has 3 heterocycles. The van der Waals surface area contributed by atoms with Crippen molar-refractivity contribution in [2.45, 2.75) is 26.3 Å². The minimum absolute atomic E-state index is 0.0245. The molecule has 0 saturated carbocycles. The van der Waals surface area contributed by atoms with Gasteiger partial charge in [0.05, 0.1) is 17.7 Å². The molecular formula is C35H34N6S. The molecule has 0 bridgehead atoms. The first kappa shape index (κ1) is 29.7. The highest BCUT2D eigenvalue weighted by Gasteiger charge is 2.15. The first-order valence-corrected chi connectivity index (χ1v) is 14.4. The number of nitriles is 2. The van der Waals surface area contributed by atoms with Crippen molar-refractivity contribution in [3.63, 3.8) is 0 Å². The number of benzene rings is 1. The molecule has 2 aromatic rings. The Kier molecular flexibility index (Phi) is 9.84. The molecule has 6 nitrogen and oxygen atoms in total. The van der Waals surface area contributed by atoms with Gasteiger partial charge in [-0.1, -0.05) is 49.1 Å². The fourth-order valence-corrected chi connectivity index (χ4v) is 5.83. The molecule has 1 atom stereocenters. The summed E-state index contributed by atoms with van der Waals surface area (Å²) in [5, 5.41) is 26.2. The van der Waals surface area contributed by atoms with Crippen molar-refractivity contribution >= 4 is 33.2 Å². The standard InChI is InChI=1S/C35H34N6S/c1-4-25(8-5-6-9-31(39)29-15-27(20-38)21-40-22-29)16-34-24(3)30-13-12-28(17-35(30)42-34)33-11-7-10-32(41-33)23(2)14-26(18-36)19-37/h4-7,9-18,22,32,40-41H,1,8,21,36,39H2,2-3H3/b6-5-,23-14+,25-16+,26-18+,31-9-. The van der Waals surface area contributed by atoms with Crippen molar-refractivity contribution < 1.29 is 0 Å². The summed E-state index contributed by atoms with van der Waals surface area (Å²) in [5.41, 5.74) is 19.7. The summed E-state index contributed by atoms with van der Waals surface area (Å²) in [6.45, 7) is 8.69. The molecule has 210 valence electrons. The van der Waals surface area contributed by atoms with E-state index in [1.165, 1.54) is 26.7 Å². The van der Waals surface area contributed by atoms with E-state index in [4.69, 9.17) is 16.7 Å². The van der Waals surface area contributed by atoms with E-state index in [2.05, 4.69) is 78.8 Å². The van der Waals surface area contributed by atoms with Crippen LogP contribution in [0.1, 0.15) is 29.3 Å². The first-order chi connectivity index (χ1) is 20.4. The summed E-state index contributed by atoms with van der Waals surface area (Å²) < 4.78 is 1.21. The second-order valence-corrected chi connectivity index (χ2v) is 11.0. The molecule has 1 aromatic heterocycles. The van der Waals surface area contributed by atoms with Crippen LogP contribution < -0.4 is 22.1 Å². The molecule has 6 N–H and O–H groups in total. The van der Waals surface area contributed by atoms with Crippen molar-refractivity contribution in [3.8, 4) is 12.1 Å². The molecule has 0 radical (unpaired) electrons. The Hall–Kier alpha value is -5.24. The normalized spacial score (nSPS) is 18.0. The second kappa shape index (κ2) is 13.9. The van der Waals surface area contributed by atoms with Crippen LogP contribution >= 0.6 is 11.3 Å². The fourth-order valence-electron chi connectivity index (χ4n) is 4.61. The van der Waals surface area contributed by atoms with Gasteiger partial charge in [-0.15, -0.1) is 11.3 Å². The predicted molar refractivity (Wildman–Crippen MR) is 176 cm³/mol. The minimum Gasteiger partial charge on any atom is -0.404 e. The van der Waals surface area contributed by atoms with Gasteiger partial charge in [0.25, 0.3) is 0 Å². The lowest BCUT2D eigenvalue weighted by Gasteiger charge is -2.23. The molecule has 2 aliphatic rings. The Morgan fingerprint density at radius 3 is 2.86 bits per heavy atom. The average molecular weight is 571 g/mol. The summed E-state index contributed by atoms with van der Waals surface area (Å²) in [4.78, 5) is 1.20.